The summed E-state index contributed by atoms with van der Waals surface area (Å²) in [6.45, 7) is 4.26. The third-order valence-corrected chi connectivity index (χ3v) is 6.99. The van der Waals surface area contributed by atoms with Crippen molar-refractivity contribution in [1.82, 2.24) is 14.6 Å². The normalized spacial score (nSPS) is 13.7. The number of amides is 1. The van der Waals surface area contributed by atoms with Crippen LogP contribution in [0.5, 0.6) is 11.5 Å². The summed E-state index contributed by atoms with van der Waals surface area (Å²) in [4.78, 5) is 32.5. The highest BCUT2D eigenvalue weighted by Crippen LogP contribution is 2.30. The highest BCUT2D eigenvalue weighted by Gasteiger charge is 2.19. The largest absolute Gasteiger partial charge is 0.490 e. The van der Waals surface area contributed by atoms with Crippen LogP contribution in [0, 0.1) is 0 Å². The summed E-state index contributed by atoms with van der Waals surface area (Å²) < 4.78 is 24.2. The van der Waals surface area contributed by atoms with E-state index in [2.05, 4.69) is 5.10 Å². The van der Waals surface area contributed by atoms with Crippen LogP contribution in [0.15, 0.2) is 81.0 Å². The number of hydrogen-bond donors (Lipinski definition) is 0. The van der Waals surface area contributed by atoms with Gasteiger partial charge in [0.05, 0.1) is 36.9 Å². The molecule has 42 heavy (non-hydrogen) atoms. The van der Waals surface area contributed by atoms with E-state index in [1.807, 2.05) is 13.0 Å². The first-order valence-electron chi connectivity index (χ1n) is 13.5. The van der Waals surface area contributed by atoms with E-state index in [1.54, 1.807) is 65.6 Å². The number of ether oxygens (including phenoxy) is 3. The molecule has 0 unspecified atom stereocenters. The van der Waals surface area contributed by atoms with Crippen LogP contribution in [0.25, 0.3) is 33.5 Å². The molecule has 1 aliphatic heterocycles. The Labute approximate surface area is 245 Å². The van der Waals surface area contributed by atoms with Crippen molar-refractivity contribution < 1.29 is 23.4 Å². The molecule has 0 radical (unpaired) electrons. The van der Waals surface area contributed by atoms with Gasteiger partial charge in [-0.25, -0.2) is 4.98 Å². The number of halogens is 1. The number of fused-ring (bicyclic) bond motifs is 2. The Balaban J connectivity index is 1.33. The first kappa shape index (κ1) is 27.5. The summed E-state index contributed by atoms with van der Waals surface area (Å²) in [7, 11) is 0. The lowest BCUT2D eigenvalue weighted by Gasteiger charge is -2.26. The Bertz CT molecular complexity index is 1860. The zero-order valence-corrected chi connectivity index (χ0v) is 23.5. The monoisotopic (exact) mass is 586 g/mol. The Kier molecular flexibility index (Phi) is 7.89. The number of carbonyl (C=O) groups excluding carboxylic acids is 1. The number of rotatable bonds is 8. The van der Waals surface area contributed by atoms with Gasteiger partial charge in [0.15, 0.2) is 23.9 Å². The second-order valence-electron chi connectivity index (χ2n) is 9.53. The number of hydrogen-bond acceptors (Lipinski definition) is 8. The molecule has 0 atom stereocenters. The van der Waals surface area contributed by atoms with Crippen LogP contribution in [0.2, 0.25) is 5.02 Å². The highest BCUT2D eigenvalue weighted by atomic mass is 35.5. The Hall–Kier alpha value is -4.67. The number of benzene rings is 3. The second kappa shape index (κ2) is 12.1. The minimum atomic E-state index is -0.350. The lowest BCUT2D eigenvalue weighted by molar-refractivity contribution is -0.137. The van der Waals surface area contributed by atoms with Crippen LogP contribution < -0.4 is 15.0 Å². The molecule has 5 aromatic rings. The van der Waals surface area contributed by atoms with E-state index in [1.165, 1.54) is 10.9 Å². The molecule has 1 aliphatic rings. The van der Waals surface area contributed by atoms with Gasteiger partial charge < -0.3 is 23.5 Å². The number of nitrogens with zero attached hydrogens (tertiary/aromatic N) is 4. The van der Waals surface area contributed by atoms with Crippen molar-refractivity contribution in [2.75, 3.05) is 39.5 Å². The number of carbonyl (C=O) groups is 1. The van der Waals surface area contributed by atoms with E-state index < -0.39 is 0 Å². The maximum absolute atomic E-state index is 13.6. The molecule has 1 amide bonds. The predicted octanol–water partition coefficient (Wildman–Crippen LogP) is 4.98. The number of para-hydroxylation sites is 1. The van der Waals surface area contributed by atoms with Gasteiger partial charge in [0.25, 0.3) is 11.5 Å². The summed E-state index contributed by atoms with van der Waals surface area (Å²) >= 11 is 6.16. The first-order chi connectivity index (χ1) is 20.5. The van der Waals surface area contributed by atoms with E-state index >= 15 is 0 Å². The van der Waals surface area contributed by atoms with Crippen LogP contribution in [-0.4, -0.2) is 66.2 Å². The zero-order valence-electron chi connectivity index (χ0n) is 22.8. The Morgan fingerprint density at radius 1 is 1.05 bits per heavy atom. The molecule has 2 aromatic heterocycles. The smallest absolute Gasteiger partial charge is 0.282 e. The summed E-state index contributed by atoms with van der Waals surface area (Å²) in [5, 5.41) is 6.28. The highest BCUT2D eigenvalue weighted by molar-refractivity contribution is 6.31. The van der Waals surface area contributed by atoms with Gasteiger partial charge >= 0.3 is 0 Å². The van der Waals surface area contributed by atoms with Gasteiger partial charge in [-0.05, 0) is 67.1 Å². The molecule has 214 valence electrons. The predicted molar refractivity (Wildman–Crippen MR) is 160 cm³/mol. The molecule has 0 bridgehead atoms. The summed E-state index contributed by atoms with van der Waals surface area (Å²) in [5.74, 6) is 1.39. The van der Waals surface area contributed by atoms with Crippen molar-refractivity contribution in [3.63, 3.8) is 0 Å². The molecule has 10 nitrogen and oxygen atoms in total. The Morgan fingerprint density at radius 2 is 1.88 bits per heavy atom. The maximum Gasteiger partial charge on any atom is 0.282 e. The van der Waals surface area contributed by atoms with Gasteiger partial charge in [0.2, 0.25) is 5.82 Å². The summed E-state index contributed by atoms with van der Waals surface area (Å²) in [6.07, 6.45) is 1.53. The number of furan rings is 1. The van der Waals surface area contributed by atoms with Crippen molar-refractivity contribution in [2.24, 2.45) is 5.10 Å². The fraction of sp³-hybridized carbons (Fsp3) is 0.226. The molecular weight excluding hydrogens is 560 g/mol. The standard InChI is InChI=1S/C31H27ClN4O6/c1-2-40-27-15-20(7-9-26(27)41-19-29(37)35-11-13-39-14-12-35)18-33-36-30(34-24-6-4-3-5-23(24)31(36)38)28-17-21-16-22(32)8-10-25(21)42-28/h3-10,15-18H,2,11-14,19H2,1H3. The molecule has 1 fully saturated rings. The van der Waals surface area contributed by atoms with Gasteiger partial charge in [-0.1, -0.05) is 23.7 Å². The van der Waals surface area contributed by atoms with Crippen molar-refractivity contribution in [3.8, 4) is 23.1 Å². The lowest BCUT2D eigenvalue weighted by atomic mass is 10.2. The molecule has 11 heteroatoms. The zero-order chi connectivity index (χ0) is 29.1. The molecule has 0 saturated carbocycles. The van der Waals surface area contributed by atoms with Crippen molar-refractivity contribution in [3.05, 3.63) is 87.7 Å². The number of morpholine rings is 1. The molecule has 6 rings (SSSR count). The fourth-order valence-electron chi connectivity index (χ4n) is 4.68. The number of aromatic nitrogens is 2. The van der Waals surface area contributed by atoms with Crippen LogP contribution in [-0.2, 0) is 9.53 Å². The molecule has 0 aliphatic carbocycles. The topological polar surface area (TPSA) is 108 Å². The first-order valence-corrected chi connectivity index (χ1v) is 13.9. The van der Waals surface area contributed by atoms with E-state index in [-0.39, 0.29) is 23.9 Å². The van der Waals surface area contributed by atoms with E-state index in [9.17, 15) is 9.59 Å². The molecule has 3 heterocycles. The molecule has 3 aromatic carbocycles. The van der Waals surface area contributed by atoms with Gasteiger partial charge in [-0.2, -0.15) is 9.78 Å². The van der Waals surface area contributed by atoms with Crippen LogP contribution in [0.4, 0.5) is 0 Å². The van der Waals surface area contributed by atoms with E-state index in [4.69, 9.17) is 35.2 Å². The van der Waals surface area contributed by atoms with Crippen molar-refractivity contribution >= 4 is 45.6 Å². The average Bonchev–Trinajstić information content (AvgIpc) is 3.43. The Morgan fingerprint density at radius 3 is 2.71 bits per heavy atom. The summed E-state index contributed by atoms with van der Waals surface area (Å²) in [6, 6.07) is 19.3. The van der Waals surface area contributed by atoms with Gasteiger partial charge in [0.1, 0.15) is 5.58 Å². The fourth-order valence-corrected chi connectivity index (χ4v) is 4.86. The van der Waals surface area contributed by atoms with Crippen LogP contribution in [0.3, 0.4) is 0 Å². The van der Waals surface area contributed by atoms with Gasteiger partial charge in [-0.3, -0.25) is 9.59 Å². The minimum absolute atomic E-state index is 0.113. The summed E-state index contributed by atoms with van der Waals surface area (Å²) in [5.41, 5.74) is 1.43. The van der Waals surface area contributed by atoms with E-state index in [0.717, 1.165) is 5.39 Å². The third-order valence-electron chi connectivity index (χ3n) is 6.76. The average molecular weight is 587 g/mol. The van der Waals surface area contributed by atoms with Gasteiger partial charge in [-0.15, -0.1) is 0 Å². The lowest BCUT2D eigenvalue weighted by Crippen LogP contribution is -2.43. The molecule has 0 N–H and O–H groups in total. The SMILES string of the molecule is CCOc1cc(C=Nn2c(-c3cc4cc(Cl)ccc4o3)nc3ccccc3c2=O)ccc1OCC(=O)N1CCOCC1. The third kappa shape index (κ3) is 5.72. The van der Waals surface area contributed by atoms with Crippen LogP contribution >= 0.6 is 11.6 Å². The minimum Gasteiger partial charge on any atom is -0.490 e. The maximum atomic E-state index is 13.6. The second-order valence-corrected chi connectivity index (χ2v) is 9.96. The van der Waals surface area contributed by atoms with E-state index in [0.29, 0.717) is 77.2 Å². The van der Waals surface area contributed by atoms with Crippen molar-refractivity contribution in [1.29, 1.82) is 0 Å². The quantitative estimate of drug-likeness (QED) is 0.236. The van der Waals surface area contributed by atoms with Gasteiger partial charge in [0, 0.05) is 23.5 Å². The van der Waals surface area contributed by atoms with Crippen molar-refractivity contribution in [2.45, 2.75) is 6.92 Å². The van der Waals surface area contributed by atoms with Crippen LogP contribution in [0.1, 0.15) is 12.5 Å². The molecule has 0 spiro atoms. The molecular formula is C31H27ClN4O6. The molecule has 1 saturated heterocycles.